The van der Waals surface area contributed by atoms with Crippen LogP contribution in [-0.2, 0) is 13.1 Å². The lowest BCUT2D eigenvalue weighted by Crippen LogP contribution is -2.54. The summed E-state index contributed by atoms with van der Waals surface area (Å²) in [5, 5.41) is 8.16. The molecule has 2 heterocycles. The van der Waals surface area contributed by atoms with Gasteiger partial charge in [-0.1, -0.05) is 6.92 Å². The van der Waals surface area contributed by atoms with Gasteiger partial charge in [-0.3, -0.25) is 9.58 Å². The van der Waals surface area contributed by atoms with Crippen LogP contribution in [0.4, 0.5) is 0 Å². The number of nitrogens with one attached hydrogen (secondary N) is 1. The number of nitrogens with zero attached hydrogens (tertiary/aromatic N) is 3. The average Bonchev–Trinajstić information content (AvgIpc) is 2.67. The summed E-state index contributed by atoms with van der Waals surface area (Å²) in [7, 11) is 0. The van der Waals surface area contributed by atoms with Gasteiger partial charge in [0.05, 0.1) is 15.9 Å². The maximum atomic E-state index is 4.59. The largest absolute Gasteiger partial charge is 0.311 e. The minimum Gasteiger partial charge on any atom is -0.311 e. The molecular weight excluding hydrogens is 304 g/mol. The van der Waals surface area contributed by atoms with Crippen molar-refractivity contribution in [3.8, 4) is 0 Å². The fourth-order valence-corrected chi connectivity index (χ4v) is 3.25. The van der Waals surface area contributed by atoms with E-state index in [9.17, 15) is 0 Å². The third kappa shape index (κ3) is 3.20. The van der Waals surface area contributed by atoms with Crippen LogP contribution in [0.3, 0.4) is 0 Å². The zero-order chi connectivity index (χ0) is 14.0. The molecule has 2 rings (SSSR count). The van der Waals surface area contributed by atoms with E-state index in [0.717, 1.165) is 31.9 Å². The van der Waals surface area contributed by atoms with Gasteiger partial charge in [0.25, 0.3) is 0 Å². The van der Waals surface area contributed by atoms with Crippen molar-refractivity contribution in [1.29, 1.82) is 0 Å². The number of halogens is 1. The minimum absolute atomic E-state index is 0.570. The molecule has 0 aliphatic carbocycles. The topological polar surface area (TPSA) is 33.1 Å². The monoisotopic (exact) mass is 328 g/mol. The first-order valence-corrected chi connectivity index (χ1v) is 8.05. The summed E-state index contributed by atoms with van der Waals surface area (Å²) >= 11 is 3.70. The van der Waals surface area contributed by atoms with Gasteiger partial charge in [0.15, 0.2) is 0 Å². The van der Waals surface area contributed by atoms with Crippen LogP contribution >= 0.6 is 15.9 Å². The second-order valence-corrected chi connectivity index (χ2v) is 6.26. The zero-order valence-corrected chi connectivity index (χ0v) is 14.0. The highest BCUT2D eigenvalue weighted by Gasteiger charge is 2.26. The van der Waals surface area contributed by atoms with Gasteiger partial charge in [-0.05, 0) is 43.1 Å². The van der Waals surface area contributed by atoms with E-state index in [1.165, 1.54) is 16.6 Å². The Hall–Kier alpha value is -0.390. The molecule has 0 saturated carbocycles. The number of piperazine rings is 1. The number of aromatic nitrogens is 2. The molecule has 0 amide bonds. The van der Waals surface area contributed by atoms with Crippen LogP contribution < -0.4 is 5.32 Å². The van der Waals surface area contributed by atoms with Gasteiger partial charge in [-0.25, -0.2) is 0 Å². The Kier molecular flexibility index (Phi) is 5.03. The molecule has 1 aromatic heterocycles. The van der Waals surface area contributed by atoms with Crippen LogP contribution in [0.2, 0.25) is 0 Å². The van der Waals surface area contributed by atoms with Crippen LogP contribution in [-0.4, -0.2) is 39.9 Å². The van der Waals surface area contributed by atoms with Gasteiger partial charge in [-0.15, -0.1) is 0 Å². The van der Waals surface area contributed by atoms with Gasteiger partial charge in [-0.2, -0.15) is 5.10 Å². The summed E-state index contributed by atoms with van der Waals surface area (Å²) in [6, 6.07) is 1.20. The van der Waals surface area contributed by atoms with E-state index in [1.807, 2.05) is 0 Å². The number of aryl methyl sites for hydroxylation is 2. The van der Waals surface area contributed by atoms with E-state index >= 15 is 0 Å². The van der Waals surface area contributed by atoms with Crippen molar-refractivity contribution in [2.24, 2.45) is 0 Å². The fraction of sp³-hybridized carbons (Fsp3) is 0.786. The lowest BCUT2D eigenvalue weighted by molar-refractivity contribution is 0.120. The molecular formula is C14H25BrN4. The lowest BCUT2D eigenvalue weighted by Gasteiger charge is -2.39. The molecule has 0 aromatic carbocycles. The van der Waals surface area contributed by atoms with Crippen molar-refractivity contribution in [2.75, 3.05) is 13.1 Å². The standard InChI is InChI=1S/C14H25BrN4/c1-5-12-7-16-10(3)8-18(12)9-13-14(15)11(4)17-19(13)6-2/h10,12,16H,5-9H2,1-4H3. The molecule has 0 radical (unpaired) electrons. The predicted octanol–water partition coefficient (Wildman–Crippen LogP) is 2.55. The molecule has 2 unspecified atom stereocenters. The summed E-state index contributed by atoms with van der Waals surface area (Å²) in [4.78, 5) is 2.59. The first-order chi connectivity index (χ1) is 9.06. The quantitative estimate of drug-likeness (QED) is 0.922. The zero-order valence-electron chi connectivity index (χ0n) is 12.4. The predicted molar refractivity (Wildman–Crippen MR) is 82.3 cm³/mol. The van der Waals surface area contributed by atoms with E-state index in [0.29, 0.717) is 12.1 Å². The number of hydrogen-bond acceptors (Lipinski definition) is 3. The Labute approximate surface area is 124 Å². The van der Waals surface area contributed by atoms with E-state index in [2.05, 4.69) is 63.6 Å². The molecule has 0 bridgehead atoms. The highest BCUT2D eigenvalue weighted by molar-refractivity contribution is 9.10. The van der Waals surface area contributed by atoms with E-state index in [4.69, 9.17) is 0 Å². The Morgan fingerprint density at radius 3 is 2.79 bits per heavy atom. The summed E-state index contributed by atoms with van der Waals surface area (Å²) in [5.41, 5.74) is 2.40. The summed E-state index contributed by atoms with van der Waals surface area (Å²) in [6.45, 7) is 12.9. The summed E-state index contributed by atoms with van der Waals surface area (Å²) in [5.74, 6) is 0. The second-order valence-electron chi connectivity index (χ2n) is 5.46. The van der Waals surface area contributed by atoms with Gasteiger partial charge < -0.3 is 5.32 Å². The molecule has 5 heteroatoms. The van der Waals surface area contributed by atoms with Crippen LogP contribution in [0.1, 0.15) is 38.6 Å². The Balaban J connectivity index is 2.18. The maximum Gasteiger partial charge on any atom is 0.0739 e. The molecule has 1 aromatic rings. The van der Waals surface area contributed by atoms with Crippen LogP contribution in [0.25, 0.3) is 0 Å². The van der Waals surface area contributed by atoms with Crippen molar-refractivity contribution in [1.82, 2.24) is 20.0 Å². The van der Waals surface area contributed by atoms with E-state index in [1.54, 1.807) is 0 Å². The third-order valence-corrected chi connectivity index (χ3v) is 5.04. The summed E-state index contributed by atoms with van der Waals surface area (Å²) in [6.07, 6.45) is 1.19. The Bertz CT molecular complexity index is 429. The smallest absolute Gasteiger partial charge is 0.0739 e. The number of rotatable bonds is 4. The molecule has 19 heavy (non-hydrogen) atoms. The van der Waals surface area contributed by atoms with Crippen molar-refractivity contribution < 1.29 is 0 Å². The van der Waals surface area contributed by atoms with Crippen molar-refractivity contribution in [3.63, 3.8) is 0 Å². The first-order valence-electron chi connectivity index (χ1n) is 7.26. The van der Waals surface area contributed by atoms with Crippen LogP contribution in [0.15, 0.2) is 4.47 Å². The molecule has 1 saturated heterocycles. The van der Waals surface area contributed by atoms with Crippen LogP contribution in [0, 0.1) is 6.92 Å². The molecule has 108 valence electrons. The average molecular weight is 329 g/mol. The molecule has 0 spiro atoms. The SMILES string of the molecule is CCC1CNC(C)CN1Cc1c(Br)c(C)nn1CC. The van der Waals surface area contributed by atoms with Gasteiger partial charge in [0.1, 0.15) is 0 Å². The second kappa shape index (κ2) is 6.37. The molecule has 1 N–H and O–H groups in total. The first kappa shape index (κ1) is 15.0. The highest BCUT2D eigenvalue weighted by atomic mass is 79.9. The Morgan fingerprint density at radius 2 is 2.16 bits per heavy atom. The lowest BCUT2D eigenvalue weighted by atomic mass is 10.1. The van der Waals surface area contributed by atoms with Gasteiger partial charge >= 0.3 is 0 Å². The fourth-order valence-electron chi connectivity index (χ4n) is 2.84. The number of hydrogen-bond donors (Lipinski definition) is 1. The van der Waals surface area contributed by atoms with Crippen LogP contribution in [0.5, 0.6) is 0 Å². The van der Waals surface area contributed by atoms with Gasteiger partial charge in [0.2, 0.25) is 0 Å². The molecule has 1 aliphatic heterocycles. The normalized spacial score (nSPS) is 24.9. The Morgan fingerprint density at radius 1 is 1.42 bits per heavy atom. The van der Waals surface area contributed by atoms with Gasteiger partial charge in [0, 0.05) is 38.3 Å². The highest BCUT2D eigenvalue weighted by Crippen LogP contribution is 2.24. The minimum atomic E-state index is 0.570. The maximum absolute atomic E-state index is 4.59. The van der Waals surface area contributed by atoms with Crippen molar-refractivity contribution >= 4 is 15.9 Å². The van der Waals surface area contributed by atoms with E-state index in [-0.39, 0.29) is 0 Å². The van der Waals surface area contributed by atoms with Crippen molar-refractivity contribution in [3.05, 3.63) is 15.9 Å². The van der Waals surface area contributed by atoms with Crippen molar-refractivity contribution in [2.45, 2.75) is 59.3 Å². The third-order valence-electron chi connectivity index (χ3n) is 4.00. The molecule has 2 atom stereocenters. The van der Waals surface area contributed by atoms with E-state index < -0.39 is 0 Å². The molecule has 1 fully saturated rings. The summed E-state index contributed by atoms with van der Waals surface area (Å²) < 4.78 is 3.30. The molecule has 1 aliphatic rings. The molecule has 4 nitrogen and oxygen atoms in total.